The van der Waals surface area contributed by atoms with E-state index in [2.05, 4.69) is 10.6 Å². The van der Waals surface area contributed by atoms with E-state index in [1.165, 1.54) is 0 Å². The number of nitrogens with one attached hydrogen (secondary N) is 2. The Morgan fingerprint density at radius 3 is 2.54 bits per heavy atom. The first-order valence-corrected chi connectivity index (χ1v) is 8.09. The largest absolute Gasteiger partial charge is 0.445 e. The van der Waals surface area contributed by atoms with Crippen molar-refractivity contribution in [1.82, 2.24) is 10.6 Å². The van der Waals surface area contributed by atoms with Gasteiger partial charge in [0.25, 0.3) is 0 Å². The van der Waals surface area contributed by atoms with E-state index in [1.807, 2.05) is 30.3 Å². The van der Waals surface area contributed by atoms with Gasteiger partial charge >= 0.3 is 6.09 Å². The number of ether oxygens (including phenoxy) is 1. The molecule has 130 valence electrons. The molecule has 1 aromatic carbocycles. The second-order valence-corrected chi connectivity index (χ2v) is 5.89. The van der Waals surface area contributed by atoms with Crippen LogP contribution in [-0.4, -0.2) is 30.5 Å². The lowest BCUT2D eigenvalue weighted by Gasteiger charge is -2.30. The molecule has 0 radical (unpaired) electrons. The summed E-state index contributed by atoms with van der Waals surface area (Å²) in [6.45, 7) is -0.0154. The molecule has 7 heteroatoms. The molecule has 0 bridgehead atoms. The van der Waals surface area contributed by atoms with Crippen LogP contribution in [0.15, 0.2) is 30.3 Å². The van der Waals surface area contributed by atoms with Gasteiger partial charge in [-0.2, -0.15) is 0 Å². The summed E-state index contributed by atoms with van der Waals surface area (Å²) in [4.78, 5) is 34.9. The molecule has 2 unspecified atom stereocenters. The number of nitrogens with two attached hydrogens (primary N) is 1. The standard InChI is InChI=1S/C17H23N3O4/c18-15(21)10-19-16(22)13-8-4-5-9-14(13)20-17(23)24-11-12-6-2-1-3-7-12/h1-3,6-7,13-14H,4-5,8-11H2,(H2,18,21)(H,19,22)(H,20,23). The normalized spacial score (nSPS) is 20.0. The fourth-order valence-corrected chi connectivity index (χ4v) is 2.84. The van der Waals surface area contributed by atoms with Gasteiger partial charge in [-0.3, -0.25) is 9.59 Å². The number of benzene rings is 1. The minimum atomic E-state index is -0.592. The minimum Gasteiger partial charge on any atom is -0.445 e. The zero-order valence-corrected chi connectivity index (χ0v) is 13.5. The van der Waals surface area contributed by atoms with E-state index in [1.54, 1.807) is 0 Å². The Kier molecular flexibility index (Phi) is 6.60. The Labute approximate surface area is 140 Å². The minimum absolute atomic E-state index is 0.179. The quantitative estimate of drug-likeness (QED) is 0.723. The zero-order chi connectivity index (χ0) is 17.4. The van der Waals surface area contributed by atoms with Gasteiger partial charge in [-0.1, -0.05) is 43.2 Å². The van der Waals surface area contributed by atoms with Crippen LogP contribution in [0.2, 0.25) is 0 Å². The SMILES string of the molecule is NC(=O)CNC(=O)C1CCCCC1NC(=O)OCc1ccccc1. The molecule has 0 aromatic heterocycles. The van der Waals surface area contributed by atoms with E-state index in [0.29, 0.717) is 12.8 Å². The highest BCUT2D eigenvalue weighted by Gasteiger charge is 2.32. The molecule has 1 aliphatic carbocycles. The fraction of sp³-hybridized carbons (Fsp3) is 0.471. The third kappa shape index (κ3) is 5.57. The number of rotatable bonds is 6. The monoisotopic (exact) mass is 333 g/mol. The van der Waals surface area contributed by atoms with E-state index in [9.17, 15) is 14.4 Å². The van der Waals surface area contributed by atoms with Crippen LogP contribution in [0.1, 0.15) is 31.2 Å². The van der Waals surface area contributed by atoms with E-state index >= 15 is 0 Å². The molecule has 0 aliphatic heterocycles. The maximum Gasteiger partial charge on any atom is 0.407 e. The van der Waals surface area contributed by atoms with Crippen LogP contribution in [0.25, 0.3) is 0 Å². The molecule has 0 spiro atoms. The lowest BCUT2D eigenvalue weighted by molar-refractivity contribution is -0.129. The number of alkyl carbamates (subject to hydrolysis) is 1. The highest BCUT2D eigenvalue weighted by molar-refractivity contribution is 5.85. The van der Waals surface area contributed by atoms with Crippen molar-refractivity contribution in [1.29, 1.82) is 0 Å². The summed E-state index contributed by atoms with van der Waals surface area (Å²) in [5.74, 6) is -1.23. The molecule has 2 rings (SSSR count). The molecule has 0 heterocycles. The van der Waals surface area contributed by atoms with Gasteiger partial charge in [0.1, 0.15) is 6.61 Å². The van der Waals surface area contributed by atoms with Crippen molar-refractivity contribution in [2.75, 3.05) is 6.54 Å². The summed E-state index contributed by atoms with van der Waals surface area (Å²) in [6.07, 6.45) is 2.66. The van der Waals surface area contributed by atoms with Gasteiger partial charge in [0, 0.05) is 6.04 Å². The first-order chi connectivity index (χ1) is 11.6. The van der Waals surface area contributed by atoms with E-state index in [0.717, 1.165) is 18.4 Å². The Bertz CT molecular complexity index is 576. The maximum atomic E-state index is 12.2. The fourth-order valence-electron chi connectivity index (χ4n) is 2.84. The predicted molar refractivity (Wildman–Crippen MR) is 87.7 cm³/mol. The molecule has 1 fully saturated rings. The summed E-state index contributed by atoms with van der Waals surface area (Å²) < 4.78 is 5.20. The molecular weight excluding hydrogens is 310 g/mol. The van der Waals surface area contributed by atoms with Crippen molar-refractivity contribution in [3.8, 4) is 0 Å². The van der Waals surface area contributed by atoms with Crippen LogP contribution in [0, 0.1) is 5.92 Å². The third-order valence-electron chi connectivity index (χ3n) is 4.06. The van der Waals surface area contributed by atoms with Gasteiger partial charge in [-0.15, -0.1) is 0 Å². The van der Waals surface area contributed by atoms with Gasteiger partial charge in [0.2, 0.25) is 11.8 Å². The number of hydrogen-bond acceptors (Lipinski definition) is 4. The van der Waals surface area contributed by atoms with E-state index < -0.39 is 12.0 Å². The van der Waals surface area contributed by atoms with Crippen molar-refractivity contribution < 1.29 is 19.1 Å². The van der Waals surface area contributed by atoms with Gasteiger partial charge in [-0.25, -0.2) is 4.79 Å². The zero-order valence-electron chi connectivity index (χ0n) is 13.5. The molecule has 1 aliphatic rings. The molecule has 3 amide bonds. The molecule has 1 saturated carbocycles. The average Bonchev–Trinajstić information content (AvgIpc) is 2.59. The van der Waals surface area contributed by atoms with E-state index in [-0.39, 0.29) is 31.0 Å². The van der Waals surface area contributed by atoms with Gasteiger partial charge in [-0.05, 0) is 18.4 Å². The van der Waals surface area contributed by atoms with Crippen molar-refractivity contribution in [3.05, 3.63) is 35.9 Å². The van der Waals surface area contributed by atoms with Crippen molar-refractivity contribution in [2.24, 2.45) is 11.7 Å². The average molecular weight is 333 g/mol. The molecule has 4 N–H and O–H groups in total. The van der Waals surface area contributed by atoms with Crippen LogP contribution < -0.4 is 16.4 Å². The van der Waals surface area contributed by atoms with Gasteiger partial charge < -0.3 is 21.1 Å². The Morgan fingerprint density at radius 2 is 1.83 bits per heavy atom. The van der Waals surface area contributed by atoms with Crippen LogP contribution in [0.4, 0.5) is 4.79 Å². The summed E-state index contributed by atoms with van der Waals surface area (Å²) >= 11 is 0. The first-order valence-electron chi connectivity index (χ1n) is 8.09. The summed E-state index contributed by atoms with van der Waals surface area (Å²) in [5.41, 5.74) is 5.93. The maximum absolute atomic E-state index is 12.2. The van der Waals surface area contributed by atoms with Gasteiger partial charge in [0.15, 0.2) is 0 Å². The van der Waals surface area contributed by atoms with Crippen LogP contribution in [0.5, 0.6) is 0 Å². The number of primary amides is 1. The Balaban J connectivity index is 1.84. The topological polar surface area (TPSA) is 111 Å². The smallest absolute Gasteiger partial charge is 0.407 e. The van der Waals surface area contributed by atoms with Crippen LogP contribution in [0.3, 0.4) is 0 Å². The lowest BCUT2D eigenvalue weighted by atomic mass is 9.84. The Morgan fingerprint density at radius 1 is 1.12 bits per heavy atom. The number of carbonyl (C=O) groups is 3. The van der Waals surface area contributed by atoms with Crippen molar-refractivity contribution >= 4 is 17.9 Å². The van der Waals surface area contributed by atoms with Crippen LogP contribution in [-0.2, 0) is 20.9 Å². The lowest BCUT2D eigenvalue weighted by Crippen LogP contribution is -2.49. The van der Waals surface area contributed by atoms with E-state index in [4.69, 9.17) is 10.5 Å². The molecule has 7 nitrogen and oxygen atoms in total. The van der Waals surface area contributed by atoms with Crippen LogP contribution >= 0.6 is 0 Å². The van der Waals surface area contributed by atoms with Crippen molar-refractivity contribution in [3.63, 3.8) is 0 Å². The number of carbonyl (C=O) groups excluding carboxylic acids is 3. The summed E-state index contributed by atoms with van der Waals surface area (Å²) in [5, 5.41) is 5.28. The van der Waals surface area contributed by atoms with Crippen molar-refractivity contribution in [2.45, 2.75) is 38.3 Å². The highest BCUT2D eigenvalue weighted by atomic mass is 16.5. The Hall–Kier alpha value is -2.57. The molecule has 2 atom stereocenters. The molecular formula is C17H23N3O4. The predicted octanol–water partition coefficient (Wildman–Crippen LogP) is 1.07. The third-order valence-corrected chi connectivity index (χ3v) is 4.06. The molecule has 0 saturated heterocycles. The second kappa shape index (κ2) is 8.90. The number of hydrogen-bond donors (Lipinski definition) is 3. The molecule has 1 aromatic rings. The number of amides is 3. The molecule has 24 heavy (non-hydrogen) atoms. The summed E-state index contributed by atoms with van der Waals surface area (Å²) in [7, 11) is 0. The van der Waals surface area contributed by atoms with Gasteiger partial charge in [0.05, 0.1) is 12.5 Å². The first kappa shape index (κ1) is 17.8. The summed E-state index contributed by atoms with van der Waals surface area (Å²) in [6, 6.07) is 9.08. The highest BCUT2D eigenvalue weighted by Crippen LogP contribution is 2.24. The second-order valence-electron chi connectivity index (χ2n) is 5.89.